The van der Waals surface area contributed by atoms with E-state index in [1.54, 1.807) is 0 Å². The van der Waals surface area contributed by atoms with Gasteiger partial charge < -0.3 is 0 Å². The van der Waals surface area contributed by atoms with Crippen LogP contribution in [0.5, 0.6) is 0 Å². The molecule has 1 N–H and O–H groups in total. The van der Waals surface area contributed by atoms with Gasteiger partial charge in [-0.05, 0) is 18.2 Å². The largest absolute Gasteiger partial charge is 0.240 e. The highest BCUT2D eigenvalue weighted by Crippen LogP contribution is 2.09. The summed E-state index contributed by atoms with van der Waals surface area (Å²) in [6, 6.07) is 4.79. The first-order valence-corrected chi connectivity index (χ1v) is 5.89. The number of rotatable bonds is 4. The predicted molar refractivity (Wildman–Crippen MR) is 52.3 cm³/mol. The Morgan fingerprint density at radius 2 is 2.14 bits per heavy atom. The Hall–Kier alpha value is -0.650. The highest BCUT2D eigenvalue weighted by Gasteiger charge is 2.12. The Kier molecular flexibility index (Phi) is 3.86. The van der Waals surface area contributed by atoms with E-state index in [-0.39, 0.29) is 17.3 Å². The lowest BCUT2D eigenvalue weighted by atomic mass is 10.4. The molecule has 0 spiro atoms. The van der Waals surface area contributed by atoms with E-state index < -0.39 is 15.8 Å². The summed E-state index contributed by atoms with van der Waals surface area (Å²) < 4.78 is 37.7. The van der Waals surface area contributed by atoms with Gasteiger partial charge in [0.05, 0.1) is 4.90 Å². The number of hydrogen-bond acceptors (Lipinski definition) is 2. The van der Waals surface area contributed by atoms with Crippen molar-refractivity contribution in [1.29, 1.82) is 0 Å². The first-order valence-electron chi connectivity index (χ1n) is 3.87. The Morgan fingerprint density at radius 1 is 1.43 bits per heavy atom. The van der Waals surface area contributed by atoms with Crippen molar-refractivity contribution >= 4 is 21.6 Å². The zero-order valence-corrected chi connectivity index (χ0v) is 8.78. The van der Waals surface area contributed by atoms with Crippen LogP contribution in [0.4, 0.5) is 4.39 Å². The molecule has 0 aliphatic heterocycles. The minimum atomic E-state index is -3.62. The van der Waals surface area contributed by atoms with Gasteiger partial charge in [0.15, 0.2) is 0 Å². The molecule has 1 rings (SSSR count). The van der Waals surface area contributed by atoms with Crippen LogP contribution in [0.25, 0.3) is 0 Å². The fraction of sp³-hybridized carbons (Fsp3) is 0.250. The molecule has 0 saturated carbocycles. The summed E-state index contributed by atoms with van der Waals surface area (Å²) in [5.74, 6) is -0.409. The zero-order valence-electron chi connectivity index (χ0n) is 7.20. The van der Waals surface area contributed by atoms with Crippen molar-refractivity contribution in [3.8, 4) is 0 Å². The maximum atomic E-state index is 12.7. The standard InChI is InChI=1S/C8H9ClFNO2S/c9-4-5-11-14(12,13)8-3-1-2-7(10)6-8/h1-3,6,11H,4-5H2. The molecular weight excluding hydrogens is 229 g/mol. The molecule has 0 aliphatic carbocycles. The average molecular weight is 238 g/mol. The van der Waals surface area contributed by atoms with Crippen molar-refractivity contribution in [2.45, 2.75) is 4.90 Å². The zero-order chi connectivity index (χ0) is 10.6. The Balaban J connectivity index is 2.93. The SMILES string of the molecule is O=S(=O)(NCCCl)c1cccc(F)c1. The maximum Gasteiger partial charge on any atom is 0.240 e. The molecule has 0 aromatic heterocycles. The lowest BCUT2D eigenvalue weighted by molar-refractivity contribution is 0.580. The van der Waals surface area contributed by atoms with Crippen LogP contribution in [-0.4, -0.2) is 20.8 Å². The van der Waals surface area contributed by atoms with E-state index in [0.717, 1.165) is 6.07 Å². The summed E-state index contributed by atoms with van der Waals surface area (Å²) in [5.41, 5.74) is 0. The Bertz CT molecular complexity index is 408. The van der Waals surface area contributed by atoms with Gasteiger partial charge in [0.25, 0.3) is 0 Å². The van der Waals surface area contributed by atoms with Crippen molar-refractivity contribution < 1.29 is 12.8 Å². The van der Waals surface area contributed by atoms with Gasteiger partial charge in [-0.1, -0.05) is 6.07 Å². The minimum absolute atomic E-state index is 0.0948. The maximum absolute atomic E-state index is 12.7. The molecule has 1 aromatic carbocycles. The molecule has 1 aromatic rings. The van der Waals surface area contributed by atoms with Gasteiger partial charge >= 0.3 is 0 Å². The number of sulfonamides is 1. The van der Waals surface area contributed by atoms with E-state index >= 15 is 0 Å². The third-order valence-electron chi connectivity index (χ3n) is 1.49. The second-order valence-corrected chi connectivity index (χ2v) is 4.69. The molecule has 0 fully saturated rings. The molecule has 14 heavy (non-hydrogen) atoms. The summed E-state index contributed by atoms with van der Waals surface area (Å²) in [4.78, 5) is -0.0948. The lowest BCUT2D eigenvalue weighted by Gasteiger charge is -2.04. The summed E-state index contributed by atoms with van der Waals surface area (Å²) in [7, 11) is -3.62. The van der Waals surface area contributed by atoms with Gasteiger partial charge in [0.1, 0.15) is 5.82 Å². The molecule has 0 aliphatic rings. The quantitative estimate of drug-likeness (QED) is 0.804. The monoisotopic (exact) mass is 237 g/mol. The van der Waals surface area contributed by atoms with E-state index in [1.807, 2.05) is 0 Å². The summed E-state index contributed by atoms with van der Waals surface area (Å²) in [6.07, 6.45) is 0. The van der Waals surface area contributed by atoms with Crippen LogP contribution in [0, 0.1) is 5.82 Å². The summed E-state index contributed by atoms with van der Waals surface area (Å²) in [5, 5.41) is 0. The van der Waals surface area contributed by atoms with E-state index in [9.17, 15) is 12.8 Å². The molecule has 3 nitrogen and oxygen atoms in total. The molecule has 0 saturated heterocycles. The predicted octanol–water partition coefficient (Wildman–Crippen LogP) is 1.34. The summed E-state index contributed by atoms with van der Waals surface area (Å²) >= 11 is 5.33. The average Bonchev–Trinajstić information content (AvgIpc) is 2.15. The first-order chi connectivity index (χ1) is 6.56. The number of alkyl halides is 1. The van der Waals surface area contributed by atoms with Gasteiger partial charge in [-0.15, -0.1) is 11.6 Å². The first kappa shape index (κ1) is 11.4. The summed E-state index contributed by atoms with van der Waals surface area (Å²) in [6.45, 7) is 0.125. The normalized spacial score (nSPS) is 11.6. The molecule has 78 valence electrons. The van der Waals surface area contributed by atoms with E-state index in [1.165, 1.54) is 18.2 Å². The molecule has 0 unspecified atom stereocenters. The third kappa shape index (κ3) is 2.94. The highest BCUT2D eigenvalue weighted by molar-refractivity contribution is 7.89. The van der Waals surface area contributed by atoms with Crippen LogP contribution in [-0.2, 0) is 10.0 Å². The van der Waals surface area contributed by atoms with Crippen molar-refractivity contribution in [2.75, 3.05) is 12.4 Å². The second kappa shape index (κ2) is 4.72. The number of nitrogens with one attached hydrogen (secondary N) is 1. The molecule has 0 bridgehead atoms. The second-order valence-electron chi connectivity index (χ2n) is 2.54. The minimum Gasteiger partial charge on any atom is -0.210 e. The van der Waals surface area contributed by atoms with Crippen LogP contribution >= 0.6 is 11.6 Å². The molecule has 6 heteroatoms. The fourth-order valence-corrected chi connectivity index (χ4v) is 2.16. The third-order valence-corrected chi connectivity index (χ3v) is 3.14. The van der Waals surface area contributed by atoms with Crippen LogP contribution in [0.2, 0.25) is 0 Å². The molecule has 0 radical (unpaired) electrons. The van der Waals surface area contributed by atoms with Crippen molar-refractivity contribution in [3.63, 3.8) is 0 Å². The fourth-order valence-electron chi connectivity index (χ4n) is 0.890. The van der Waals surface area contributed by atoms with E-state index in [2.05, 4.69) is 4.72 Å². The number of halogens is 2. The van der Waals surface area contributed by atoms with E-state index in [4.69, 9.17) is 11.6 Å². The van der Waals surface area contributed by atoms with E-state index in [0.29, 0.717) is 0 Å². The smallest absolute Gasteiger partial charge is 0.210 e. The van der Waals surface area contributed by atoms with Gasteiger partial charge in [-0.25, -0.2) is 17.5 Å². The lowest BCUT2D eigenvalue weighted by Crippen LogP contribution is -2.25. The van der Waals surface area contributed by atoms with Crippen molar-refractivity contribution in [3.05, 3.63) is 30.1 Å². The van der Waals surface area contributed by atoms with Gasteiger partial charge in [-0.3, -0.25) is 0 Å². The van der Waals surface area contributed by atoms with Crippen molar-refractivity contribution in [2.24, 2.45) is 0 Å². The molecular formula is C8H9ClFNO2S. The van der Waals surface area contributed by atoms with Gasteiger partial charge in [-0.2, -0.15) is 0 Å². The highest BCUT2D eigenvalue weighted by atomic mass is 35.5. The van der Waals surface area contributed by atoms with Gasteiger partial charge in [0.2, 0.25) is 10.0 Å². The number of benzene rings is 1. The Morgan fingerprint density at radius 3 is 2.71 bits per heavy atom. The molecule has 0 heterocycles. The van der Waals surface area contributed by atoms with Crippen LogP contribution < -0.4 is 4.72 Å². The van der Waals surface area contributed by atoms with Crippen LogP contribution in [0.15, 0.2) is 29.2 Å². The molecule has 0 amide bonds. The van der Waals surface area contributed by atoms with Crippen LogP contribution in [0.1, 0.15) is 0 Å². The van der Waals surface area contributed by atoms with Crippen molar-refractivity contribution in [1.82, 2.24) is 4.72 Å². The molecule has 0 atom stereocenters. The Labute approximate surface area is 86.9 Å². The van der Waals surface area contributed by atoms with Crippen LogP contribution in [0.3, 0.4) is 0 Å². The van der Waals surface area contributed by atoms with Gasteiger partial charge in [0, 0.05) is 12.4 Å². The topological polar surface area (TPSA) is 46.2 Å². The number of hydrogen-bond donors (Lipinski definition) is 1.